The Hall–Kier alpha value is -2.53. The van der Waals surface area contributed by atoms with Crippen LogP contribution in [0.5, 0.6) is 0 Å². The van der Waals surface area contributed by atoms with E-state index in [4.69, 9.17) is 4.74 Å². The molecule has 10 nitrogen and oxygen atoms in total. The van der Waals surface area contributed by atoms with Crippen molar-refractivity contribution in [2.75, 3.05) is 64.0 Å². The lowest BCUT2D eigenvalue weighted by molar-refractivity contribution is -0.131. The number of anilines is 2. The molecule has 1 fully saturated rings. The van der Waals surface area contributed by atoms with Gasteiger partial charge < -0.3 is 25.2 Å². The number of rotatable bonds is 7. The zero-order valence-electron chi connectivity index (χ0n) is 19.8. The number of sulfonamides is 1. The highest BCUT2D eigenvalue weighted by Crippen LogP contribution is 2.26. The maximum atomic E-state index is 12.7. The van der Waals surface area contributed by atoms with Crippen molar-refractivity contribution in [1.82, 2.24) is 14.1 Å². The molecule has 32 heavy (non-hydrogen) atoms. The minimum atomic E-state index is -3.60. The highest BCUT2D eigenvalue weighted by atomic mass is 32.2. The molecule has 0 radical (unpaired) electrons. The van der Waals surface area contributed by atoms with Crippen molar-refractivity contribution in [3.63, 3.8) is 0 Å². The summed E-state index contributed by atoms with van der Waals surface area (Å²) in [5, 5.41) is 6.24. The standard InChI is InChI=1S/C21H35N5O5S/c1-7-22-17-9-8-16(32(29,30)24(5)6)14-18(17)23-15-19(27)25-10-12-26(13-11-25)20(28)31-21(2,3)4/h8-9,14,22-23H,7,10-13,15H2,1-6H3. The van der Waals surface area contributed by atoms with Crippen LogP contribution in [-0.4, -0.2) is 93.5 Å². The molecule has 2 amide bonds. The molecule has 1 aromatic rings. The maximum absolute atomic E-state index is 12.7. The first-order chi connectivity index (χ1) is 14.8. The third-order valence-corrected chi connectivity index (χ3v) is 6.66. The SMILES string of the molecule is CCNc1ccc(S(=O)(=O)N(C)C)cc1NCC(=O)N1CCN(C(=O)OC(C)(C)C)CC1. The largest absolute Gasteiger partial charge is 0.444 e. The molecule has 1 aliphatic heterocycles. The van der Waals surface area contributed by atoms with E-state index in [0.717, 1.165) is 4.31 Å². The Bertz CT molecular complexity index is 919. The molecule has 0 bridgehead atoms. The molecule has 180 valence electrons. The number of carbonyl (C=O) groups is 2. The van der Waals surface area contributed by atoms with E-state index >= 15 is 0 Å². The number of carbonyl (C=O) groups excluding carboxylic acids is 2. The summed E-state index contributed by atoms with van der Waals surface area (Å²) in [5.41, 5.74) is 0.690. The van der Waals surface area contributed by atoms with Gasteiger partial charge >= 0.3 is 6.09 Å². The van der Waals surface area contributed by atoms with E-state index in [1.165, 1.54) is 26.2 Å². The Labute approximate surface area is 190 Å². The van der Waals surface area contributed by atoms with Gasteiger partial charge in [-0.25, -0.2) is 17.5 Å². The Morgan fingerprint density at radius 1 is 1.03 bits per heavy atom. The molecule has 0 spiro atoms. The van der Waals surface area contributed by atoms with E-state index in [-0.39, 0.29) is 23.4 Å². The van der Waals surface area contributed by atoms with Crippen LogP contribution in [0.2, 0.25) is 0 Å². The summed E-state index contributed by atoms with van der Waals surface area (Å²) in [6.07, 6.45) is -0.378. The van der Waals surface area contributed by atoms with E-state index in [2.05, 4.69) is 10.6 Å². The van der Waals surface area contributed by atoms with Crippen LogP contribution in [0, 0.1) is 0 Å². The lowest BCUT2D eigenvalue weighted by Crippen LogP contribution is -2.52. The van der Waals surface area contributed by atoms with Gasteiger partial charge in [0, 0.05) is 46.8 Å². The lowest BCUT2D eigenvalue weighted by atomic mass is 10.2. The van der Waals surface area contributed by atoms with Crippen LogP contribution in [0.15, 0.2) is 23.1 Å². The first kappa shape index (κ1) is 25.7. The second-order valence-electron chi connectivity index (χ2n) is 8.73. The Balaban J connectivity index is 2.01. The highest BCUT2D eigenvalue weighted by Gasteiger charge is 2.27. The van der Waals surface area contributed by atoms with E-state index in [1.807, 2.05) is 27.7 Å². The van der Waals surface area contributed by atoms with E-state index in [9.17, 15) is 18.0 Å². The van der Waals surface area contributed by atoms with Crippen LogP contribution >= 0.6 is 0 Å². The van der Waals surface area contributed by atoms with Gasteiger partial charge in [-0.1, -0.05) is 0 Å². The van der Waals surface area contributed by atoms with E-state index in [0.29, 0.717) is 44.1 Å². The van der Waals surface area contributed by atoms with Crippen molar-refractivity contribution in [2.45, 2.75) is 38.2 Å². The maximum Gasteiger partial charge on any atom is 0.410 e. The first-order valence-electron chi connectivity index (χ1n) is 10.6. The molecule has 0 saturated carbocycles. The third-order valence-electron chi connectivity index (χ3n) is 4.85. The van der Waals surface area contributed by atoms with Gasteiger partial charge in [-0.2, -0.15) is 0 Å². The lowest BCUT2D eigenvalue weighted by Gasteiger charge is -2.35. The normalized spacial score (nSPS) is 15.0. The number of ether oxygens (including phenoxy) is 1. The number of piperazine rings is 1. The summed E-state index contributed by atoms with van der Waals surface area (Å²) < 4.78 is 31.5. The van der Waals surface area contributed by atoms with Crippen molar-refractivity contribution >= 4 is 33.4 Å². The number of nitrogens with zero attached hydrogens (tertiary/aromatic N) is 3. The molecule has 1 aliphatic rings. The molecule has 1 saturated heterocycles. The average molecular weight is 470 g/mol. The summed E-state index contributed by atoms with van der Waals surface area (Å²) >= 11 is 0. The van der Waals surface area contributed by atoms with Crippen molar-refractivity contribution in [3.8, 4) is 0 Å². The summed E-state index contributed by atoms with van der Waals surface area (Å²) in [7, 11) is -0.650. The van der Waals surface area contributed by atoms with Crippen molar-refractivity contribution in [1.29, 1.82) is 0 Å². The summed E-state index contributed by atoms with van der Waals surface area (Å²) in [6.45, 7) is 9.67. The Morgan fingerprint density at radius 3 is 2.16 bits per heavy atom. The van der Waals surface area contributed by atoms with Gasteiger partial charge in [0.05, 0.1) is 22.8 Å². The van der Waals surface area contributed by atoms with E-state index in [1.54, 1.807) is 15.9 Å². The van der Waals surface area contributed by atoms with Gasteiger partial charge in [0.15, 0.2) is 0 Å². The smallest absolute Gasteiger partial charge is 0.410 e. The zero-order valence-corrected chi connectivity index (χ0v) is 20.6. The van der Waals surface area contributed by atoms with E-state index < -0.39 is 15.6 Å². The van der Waals surface area contributed by atoms with Crippen LogP contribution in [0.3, 0.4) is 0 Å². The van der Waals surface area contributed by atoms with Gasteiger partial charge in [-0.05, 0) is 45.9 Å². The fourth-order valence-corrected chi connectivity index (χ4v) is 4.06. The fourth-order valence-electron chi connectivity index (χ4n) is 3.13. The van der Waals surface area contributed by atoms with Crippen LogP contribution < -0.4 is 10.6 Å². The van der Waals surface area contributed by atoms with Crippen molar-refractivity contribution < 1.29 is 22.7 Å². The monoisotopic (exact) mass is 469 g/mol. The molecule has 11 heteroatoms. The van der Waals surface area contributed by atoms with Crippen molar-refractivity contribution in [3.05, 3.63) is 18.2 Å². The minimum absolute atomic E-state index is 0.0102. The number of hydrogen-bond donors (Lipinski definition) is 2. The molecule has 0 aromatic heterocycles. The highest BCUT2D eigenvalue weighted by molar-refractivity contribution is 7.89. The number of nitrogens with one attached hydrogen (secondary N) is 2. The molecule has 2 rings (SSSR count). The topological polar surface area (TPSA) is 111 Å². The molecular formula is C21H35N5O5S. The van der Waals surface area contributed by atoms with Gasteiger partial charge in [-0.3, -0.25) is 4.79 Å². The van der Waals surface area contributed by atoms with Crippen LogP contribution in [0.25, 0.3) is 0 Å². The molecular weight excluding hydrogens is 434 g/mol. The van der Waals surface area contributed by atoms with Gasteiger partial charge in [0.25, 0.3) is 0 Å². The predicted octanol–water partition coefficient (Wildman–Crippen LogP) is 1.86. The zero-order chi connectivity index (χ0) is 24.1. The summed E-state index contributed by atoms with van der Waals surface area (Å²) in [4.78, 5) is 28.3. The second-order valence-corrected chi connectivity index (χ2v) is 10.9. The molecule has 1 aromatic carbocycles. The second kappa shape index (κ2) is 10.4. The quantitative estimate of drug-likeness (QED) is 0.627. The van der Waals surface area contributed by atoms with Gasteiger partial charge in [-0.15, -0.1) is 0 Å². The minimum Gasteiger partial charge on any atom is -0.444 e. The number of amides is 2. The number of benzene rings is 1. The number of hydrogen-bond acceptors (Lipinski definition) is 7. The van der Waals surface area contributed by atoms with Crippen LogP contribution in [-0.2, 0) is 19.6 Å². The Kier molecular flexibility index (Phi) is 8.35. The van der Waals surface area contributed by atoms with Crippen LogP contribution in [0.1, 0.15) is 27.7 Å². The van der Waals surface area contributed by atoms with Crippen molar-refractivity contribution in [2.24, 2.45) is 0 Å². The van der Waals surface area contributed by atoms with Gasteiger partial charge in [0.2, 0.25) is 15.9 Å². The molecule has 1 heterocycles. The summed E-state index contributed by atoms with van der Waals surface area (Å²) in [6, 6.07) is 4.75. The van der Waals surface area contributed by atoms with Gasteiger partial charge in [0.1, 0.15) is 5.60 Å². The third kappa shape index (κ3) is 6.73. The molecule has 0 unspecified atom stereocenters. The average Bonchev–Trinajstić information content (AvgIpc) is 2.71. The fraction of sp³-hybridized carbons (Fsp3) is 0.619. The predicted molar refractivity (Wildman–Crippen MR) is 124 cm³/mol. The Morgan fingerprint density at radius 2 is 1.62 bits per heavy atom. The summed E-state index contributed by atoms with van der Waals surface area (Å²) in [5.74, 6) is -0.128. The molecule has 0 atom stereocenters. The molecule has 2 N–H and O–H groups in total. The first-order valence-corrected chi connectivity index (χ1v) is 12.1. The molecule has 0 aliphatic carbocycles. The van der Waals surface area contributed by atoms with Crippen LogP contribution in [0.4, 0.5) is 16.2 Å².